The number of benzene rings is 1. The fourth-order valence-electron chi connectivity index (χ4n) is 4.78. The van der Waals surface area contributed by atoms with Crippen LogP contribution in [-0.4, -0.2) is 14.2 Å². The quantitative estimate of drug-likeness (QED) is 0.603. The van der Waals surface area contributed by atoms with Gasteiger partial charge < -0.3 is 9.47 Å². The van der Waals surface area contributed by atoms with Crippen molar-refractivity contribution in [3.63, 3.8) is 0 Å². The van der Waals surface area contributed by atoms with Crippen LogP contribution >= 0.6 is 0 Å². The standard InChI is InChI=1S/C23H32O2/c1-15-9-11-20-18(8-7-13-23(20,3)4)22(16(15)2)19-14-17(24-5)10-12-21(19)25-6/h10,12,14-15,22H,2,7-9,11,13H2,1,3-6H3/t15-,22-/m1/s1. The van der Waals surface area contributed by atoms with Crippen LogP contribution in [0.3, 0.4) is 0 Å². The Morgan fingerprint density at radius 1 is 1.12 bits per heavy atom. The van der Waals surface area contributed by atoms with E-state index in [4.69, 9.17) is 9.47 Å². The molecule has 0 saturated heterocycles. The van der Waals surface area contributed by atoms with Crippen LogP contribution in [0.2, 0.25) is 0 Å². The second-order valence-electron chi connectivity index (χ2n) is 8.30. The van der Waals surface area contributed by atoms with Crippen LogP contribution in [0.15, 0.2) is 41.5 Å². The highest BCUT2D eigenvalue weighted by molar-refractivity contribution is 5.52. The van der Waals surface area contributed by atoms with Crippen molar-refractivity contribution in [2.75, 3.05) is 14.2 Å². The second-order valence-corrected chi connectivity index (χ2v) is 8.30. The third kappa shape index (κ3) is 3.23. The molecule has 1 aromatic carbocycles. The molecule has 25 heavy (non-hydrogen) atoms. The Labute approximate surface area is 152 Å². The summed E-state index contributed by atoms with van der Waals surface area (Å²) in [5, 5.41) is 0. The predicted octanol–water partition coefficient (Wildman–Crippen LogP) is 6.28. The van der Waals surface area contributed by atoms with E-state index in [-0.39, 0.29) is 5.92 Å². The highest BCUT2D eigenvalue weighted by atomic mass is 16.5. The molecule has 0 amide bonds. The summed E-state index contributed by atoms with van der Waals surface area (Å²) in [5.74, 6) is 2.59. The lowest BCUT2D eigenvalue weighted by molar-refractivity contribution is 0.348. The Balaban J connectivity index is 2.21. The molecule has 0 aliphatic heterocycles. The zero-order chi connectivity index (χ0) is 18.2. The molecule has 136 valence electrons. The van der Waals surface area contributed by atoms with Crippen molar-refractivity contribution < 1.29 is 9.47 Å². The van der Waals surface area contributed by atoms with Crippen molar-refractivity contribution in [1.82, 2.24) is 0 Å². The molecule has 0 fully saturated rings. The first-order chi connectivity index (χ1) is 11.9. The van der Waals surface area contributed by atoms with E-state index in [0.717, 1.165) is 11.5 Å². The van der Waals surface area contributed by atoms with Crippen molar-refractivity contribution in [3.05, 3.63) is 47.1 Å². The largest absolute Gasteiger partial charge is 0.497 e. The Kier molecular flexibility index (Phi) is 4.99. The summed E-state index contributed by atoms with van der Waals surface area (Å²) in [7, 11) is 3.48. The summed E-state index contributed by atoms with van der Waals surface area (Å²) in [6.07, 6.45) is 6.12. The van der Waals surface area contributed by atoms with Gasteiger partial charge in [0.2, 0.25) is 0 Å². The van der Waals surface area contributed by atoms with Crippen LogP contribution < -0.4 is 9.47 Å². The summed E-state index contributed by atoms with van der Waals surface area (Å²) >= 11 is 0. The van der Waals surface area contributed by atoms with E-state index in [1.54, 1.807) is 25.4 Å². The van der Waals surface area contributed by atoms with Crippen LogP contribution in [-0.2, 0) is 0 Å². The van der Waals surface area contributed by atoms with Gasteiger partial charge in [0, 0.05) is 11.5 Å². The summed E-state index contributed by atoms with van der Waals surface area (Å²) in [6, 6.07) is 6.16. The number of methoxy groups -OCH3 is 2. The molecule has 0 bridgehead atoms. The van der Waals surface area contributed by atoms with E-state index in [1.807, 2.05) is 12.1 Å². The molecule has 0 aromatic heterocycles. The summed E-state index contributed by atoms with van der Waals surface area (Å²) in [6.45, 7) is 11.7. The van der Waals surface area contributed by atoms with Gasteiger partial charge in [-0.05, 0) is 61.6 Å². The second kappa shape index (κ2) is 6.90. The van der Waals surface area contributed by atoms with Crippen molar-refractivity contribution in [1.29, 1.82) is 0 Å². The minimum absolute atomic E-state index is 0.247. The summed E-state index contributed by atoms with van der Waals surface area (Å²) < 4.78 is 11.2. The van der Waals surface area contributed by atoms with Crippen LogP contribution in [0, 0.1) is 11.3 Å². The van der Waals surface area contributed by atoms with Gasteiger partial charge in [0.25, 0.3) is 0 Å². The normalized spacial score (nSPS) is 26.0. The fraction of sp³-hybridized carbons (Fsp3) is 0.565. The van der Waals surface area contributed by atoms with Crippen molar-refractivity contribution in [2.24, 2.45) is 11.3 Å². The van der Waals surface area contributed by atoms with Gasteiger partial charge in [-0.2, -0.15) is 0 Å². The lowest BCUT2D eigenvalue weighted by Gasteiger charge is -2.38. The number of allylic oxidation sites excluding steroid dienone is 3. The van der Waals surface area contributed by atoms with Crippen molar-refractivity contribution in [2.45, 2.75) is 58.8 Å². The molecule has 0 heterocycles. The Morgan fingerprint density at radius 3 is 2.56 bits per heavy atom. The maximum Gasteiger partial charge on any atom is 0.123 e. The zero-order valence-corrected chi connectivity index (χ0v) is 16.4. The van der Waals surface area contributed by atoms with Crippen LogP contribution in [0.25, 0.3) is 0 Å². The summed E-state index contributed by atoms with van der Waals surface area (Å²) in [4.78, 5) is 0. The van der Waals surface area contributed by atoms with Gasteiger partial charge in [0.1, 0.15) is 11.5 Å². The fourth-order valence-corrected chi connectivity index (χ4v) is 4.78. The lowest BCUT2D eigenvalue weighted by atomic mass is 9.67. The molecular formula is C23H32O2. The van der Waals surface area contributed by atoms with E-state index in [1.165, 1.54) is 43.2 Å². The van der Waals surface area contributed by atoms with Crippen molar-refractivity contribution in [3.8, 4) is 11.5 Å². The molecular weight excluding hydrogens is 308 g/mol. The van der Waals surface area contributed by atoms with Gasteiger partial charge in [-0.1, -0.05) is 44.1 Å². The lowest BCUT2D eigenvalue weighted by Crippen LogP contribution is -2.23. The van der Waals surface area contributed by atoms with Gasteiger partial charge in [-0.25, -0.2) is 0 Å². The molecule has 2 aliphatic rings. The predicted molar refractivity (Wildman–Crippen MR) is 104 cm³/mol. The number of ether oxygens (including phenoxy) is 2. The van der Waals surface area contributed by atoms with E-state index < -0.39 is 0 Å². The number of hydrogen-bond donors (Lipinski definition) is 0. The average molecular weight is 341 g/mol. The van der Waals surface area contributed by atoms with E-state index in [2.05, 4.69) is 33.4 Å². The zero-order valence-electron chi connectivity index (χ0n) is 16.4. The molecule has 3 rings (SSSR count). The molecule has 0 radical (unpaired) electrons. The maximum absolute atomic E-state index is 5.73. The first-order valence-corrected chi connectivity index (χ1v) is 9.52. The number of hydrogen-bond acceptors (Lipinski definition) is 2. The molecule has 0 N–H and O–H groups in total. The third-order valence-corrected chi connectivity index (χ3v) is 6.38. The van der Waals surface area contributed by atoms with Crippen LogP contribution in [0.5, 0.6) is 11.5 Å². The highest BCUT2D eigenvalue weighted by Crippen LogP contribution is 2.53. The van der Waals surface area contributed by atoms with Crippen molar-refractivity contribution >= 4 is 0 Å². The Hall–Kier alpha value is -1.70. The molecule has 2 heteroatoms. The smallest absolute Gasteiger partial charge is 0.123 e. The molecule has 0 spiro atoms. The maximum atomic E-state index is 5.73. The van der Waals surface area contributed by atoms with Gasteiger partial charge in [-0.3, -0.25) is 0 Å². The molecule has 1 aromatic rings. The molecule has 0 unspecified atom stereocenters. The Bertz CT molecular complexity index is 696. The van der Waals surface area contributed by atoms with E-state index in [9.17, 15) is 0 Å². The third-order valence-electron chi connectivity index (χ3n) is 6.38. The first-order valence-electron chi connectivity index (χ1n) is 9.52. The molecule has 2 nitrogen and oxygen atoms in total. The van der Waals surface area contributed by atoms with Gasteiger partial charge in [0.05, 0.1) is 14.2 Å². The van der Waals surface area contributed by atoms with Gasteiger partial charge >= 0.3 is 0 Å². The average Bonchev–Trinajstić information content (AvgIpc) is 2.72. The van der Waals surface area contributed by atoms with E-state index >= 15 is 0 Å². The first kappa shape index (κ1) is 18.1. The SMILES string of the molecule is C=C1[C@@H](c2cc(OC)ccc2OC)C2=C(CC[C@H]1C)C(C)(C)CCC2. The summed E-state index contributed by atoms with van der Waals surface area (Å²) in [5.41, 5.74) is 6.10. The van der Waals surface area contributed by atoms with E-state index in [0.29, 0.717) is 11.3 Å². The molecule has 2 atom stereocenters. The van der Waals surface area contributed by atoms with Gasteiger partial charge in [-0.15, -0.1) is 0 Å². The topological polar surface area (TPSA) is 18.5 Å². The highest BCUT2D eigenvalue weighted by Gasteiger charge is 2.38. The molecule has 0 saturated carbocycles. The van der Waals surface area contributed by atoms with Gasteiger partial charge in [0.15, 0.2) is 0 Å². The molecule has 2 aliphatic carbocycles. The Morgan fingerprint density at radius 2 is 1.88 bits per heavy atom. The van der Waals surface area contributed by atoms with Crippen LogP contribution in [0.4, 0.5) is 0 Å². The minimum atomic E-state index is 0.247. The van der Waals surface area contributed by atoms with Crippen LogP contribution in [0.1, 0.15) is 64.4 Å². The number of rotatable bonds is 3. The minimum Gasteiger partial charge on any atom is -0.497 e. The monoisotopic (exact) mass is 340 g/mol.